The lowest BCUT2D eigenvalue weighted by Crippen LogP contribution is -2.39. The summed E-state index contributed by atoms with van der Waals surface area (Å²) in [6.07, 6.45) is 3.31. The minimum absolute atomic E-state index is 0.121. The number of methoxy groups -OCH3 is 2. The Bertz CT molecular complexity index is 734. The Morgan fingerprint density at radius 1 is 1.12 bits per heavy atom. The summed E-state index contributed by atoms with van der Waals surface area (Å²) >= 11 is 0. The second kappa shape index (κ2) is 8.68. The van der Waals surface area contributed by atoms with Crippen LogP contribution in [0.25, 0.3) is 0 Å². The van der Waals surface area contributed by atoms with Crippen molar-refractivity contribution in [1.82, 2.24) is 10.3 Å². The molecule has 0 radical (unpaired) electrons. The highest BCUT2D eigenvalue weighted by Crippen LogP contribution is 2.32. The highest BCUT2D eigenvalue weighted by molar-refractivity contribution is 5.98. The minimum atomic E-state index is -0.281. The van der Waals surface area contributed by atoms with E-state index in [9.17, 15) is 9.59 Å². The van der Waals surface area contributed by atoms with Gasteiger partial charge in [-0.15, -0.1) is 0 Å². The second-order valence-corrected chi connectivity index (χ2v) is 5.28. The zero-order valence-corrected chi connectivity index (χ0v) is 14.5. The van der Waals surface area contributed by atoms with Crippen LogP contribution in [0.2, 0.25) is 0 Å². The molecule has 25 heavy (non-hydrogen) atoms. The van der Waals surface area contributed by atoms with Crippen LogP contribution in [0.4, 0.5) is 5.69 Å². The second-order valence-electron chi connectivity index (χ2n) is 5.28. The zero-order chi connectivity index (χ0) is 18.2. The quantitative estimate of drug-likeness (QED) is 0.829. The van der Waals surface area contributed by atoms with Gasteiger partial charge in [0, 0.05) is 31.9 Å². The number of nitrogens with zero attached hydrogens (tertiary/aromatic N) is 2. The molecule has 0 fully saturated rings. The normalized spacial score (nSPS) is 10.0. The topological polar surface area (TPSA) is 80.8 Å². The van der Waals surface area contributed by atoms with Crippen LogP contribution in [0.5, 0.6) is 11.5 Å². The summed E-state index contributed by atoms with van der Waals surface area (Å²) < 4.78 is 10.5. The lowest BCUT2D eigenvalue weighted by Gasteiger charge is -2.23. The molecule has 132 valence electrons. The third kappa shape index (κ3) is 4.94. The van der Waals surface area contributed by atoms with Crippen LogP contribution < -0.4 is 19.7 Å². The SMILES string of the molecule is COc1ccc(OC)c(N(CC(=O)NCc2ccncc2)C(C)=O)c1. The van der Waals surface area contributed by atoms with E-state index >= 15 is 0 Å². The van der Waals surface area contributed by atoms with Crippen molar-refractivity contribution >= 4 is 17.5 Å². The third-order valence-corrected chi connectivity index (χ3v) is 3.60. The first kappa shape index (κ1) is 18.3. The van der Waals surface area contributed by atoms with E-state index in [4.69, 9.17) is 9.47 Å². The first-order chi connectivity index (χ1) is 12.0. The first-order valence-electron chi connectivity index (χ1n) is 7.71. The minimum Gasteiger partial charge on any atom is -0.497 e. The lowest BCUT2D eigenvalue weighted by molar-refractivity contribution is -0.123. The predicted molar refractivity (Wildman–Crippen MR) is 93.7 cm³/mol. The van der Waals surface area contributed by atoms with Gasteiger partial charge >= 0.3 is 0 Å². The smallest absolute Gasteiger partial charge is 0.240 e. The average molecular weight is 343 g/mol. The van der Waals surface area contributed by atoms with Crippen molar-refractivity contribution in [1.29, 1.82) is 0 Å². The van der Waals surface area contributed by atoms with Crippen LogP contribution in [0, 0.1) is 0 Å². The molecule has 0 atom stereocenters. The highest BCUT2D eigenvalue weighted by Gasteiger charge is 2.20. The molecule has 2 amide bonds. The number of anilines is 1. The molecule has 0 saturated carbocycles. The number of amides is 2. The number of benzene rings is 1. The van der Waals surface area contributed by atoms with Crippen LogP contribution in [0.15, 0.2) is 42.7 Å². The number of nitrogens with one attached hydrogen (secondary N) is 1. The van der Waals surface area contributed by atoms with Gasteiger partial charge in [0.2, 0.25) is 11.8 Å². The number of hydrogen-bond donors (Lipinski definition) is 1. The number of ether oxygens (including phenoxy) is 2. The van der Waals surface area contributed by atoms with E-state index in [-0.39, 0.29) is 18.4 Å². The van der Waals surface area contributed by atoms with Crippen molar-refractivity contribution in [2.45, 2.75) is 13.5 Å². The summed E-state index contributed by atoms with van der Waals surface area (Å²) in [6.45, 7) is 1.64. The van der Waals surface area contributed by atoms with E-state index < -0.39 is 0 Å². The number of carbonyl (C=O) groups excluding carboxylic acids is 2. The van der Waals surface area contributed by atoms with Crippen LogP contribution in [0.1, 0.15) is 12.5 Å². The van der Waals surface area contributed by atoms with Crippen molar-refractivity contribution < 1.29 is 19.1 Å². The fraction of sp³-hybridized carbons (Fsp3) is 0.278. The summed E-state index contributed by atoms with van der Waals surface area (Å²) in [5.41, 5.74) is 1.41. The molecule has 1 heterocycles. The average Bonchev–Trinajstić information content (AvgIpc) is 2.64. The van der Waals surface area contributed by atoms with Gasteiger partial charge in [0.15, 0.2) is 0 Å². The summed E-state index contributed by atoms with van der Waals surface area (Å²) in [5, 5.41) is 2.79. The molecule has 0 aliphatic rings. The molecule has 0 saturated heterocycles. The third-order valence-electron chi connectivity index (χ3n) is 3.60. The molecule has 0 aliphatic carbocycles. The van der Waals surface area contributed by atoms with E-state index in [2.05, 4.69) is 10.3 Å². The van der Waals surface area contributed by atoms with Crippen LogP contribution in [-0.4, -0.2) is 37.6 Å². The van der Waals surface area contributed by atoms with Crippen molar-refractivity contribution in [3.63, 3.8) is 0 Å². The monoisotopic (exact) mass is 343 g/mol. The number of pyridine rings is 1. The fourth-order valence-electron chi connectivity index (χ4n) is 2.27. The maximum Gasteiger partial charge on any atom is 0.240 e. The largest absolute Gasteiger partial charge is 0.497 e. The van der Waals surface area contributed by atoms with Gasteiger partial charge in [0.25, 0.3) is 0 Å². The van der Waals surface area contributed by atoms with Crippen LogP contribution in [-0.2, 0) is 16.1 Å². The fourth-order valence-corrected chi connectivity index (χ4v) is 2.27. The summed E-state index contributed by atoms with van der Waals surface area (Å²) in [6, 6.07) is 8.71. The highest BCUT2D eigenvalue weighted by atomic mass is 16.5. The van der Waals surface area contributed by atoms with Crippen molar-refractivity contribution in [3.05, 3.63) is 48.3 Å². The van der Waals surface area contributed by atoms with Gasteiger partial charge in [-0.05, 0) is 29.8 Å². The Morgan fingerprint density at radius 2 is 1.84 bits per heavy atom. The molecule has 1 N–H and O–H groups in total. The molecule has 0 bridgehead atoms. The predicted octanol–water partition coefficient (Wildman–Crippen LogP) is 1.77. The van der Waals surface area contributed by atoms with Crippen LogP contribution in [0.3, 0.4) is 0 Å². The maximum atomic E-state index is 12.3. The Kier molecular flexibility index (Phi) is 6.33. The molecule has 2 aromatic rings. The maximum absolute atomic E-state index is 12.3. The van der Waals surface area contributed by atoms with Gasteiger partial charge in [-0.1, -0.05) is 0 Å². The van der Waals surface area contributed by atoms with E-state index in [1.165, 1.54) is 26.0 Å². The molecule has 0 unspecified atom stereocenters. The van der Waals surface area contributed by atoms with Gasteiger partial charge in [-0.2, -0.15) is 0 Å². The molecular formula is C18H21N3O4. The van der Waals surface area contributed by atoms with E-state index in [1.807, 2.05) is 12.1 Å². The molecule has 0 spiro atoms. The Hall–Kier alpha value is -3.09. The molecule has 0 aliphatic heterocycles. The zero-order valence-electron chi connectivity index (χ0n) is 14.5. The molecule has 1 aromatic carbocycles. The van der Waals surface area contributed by atoms with E-state index in [0.717, 1.165) is 5.56 Å². The summed E-state index contributed by atoms with van der Waals surface area (Å²) in [7, 11) is 3.04. The number of hydrogen-bond acceptors (Lipinski definition) is 5. The lowest BCUT2D eigenvalue weighted by atomic mass is 10.2. The number of rotatable bonds is 7. The van der Waals surface area contributed by atoms with Gasteiger partial charge in [-0.25, -0.2) is 0 Å². The Labute approximate surface area is 146 Å². The molecule has 7 heteroatoms. The first-order valence-corrected chi connectivity index (χ1v) is 7.71. The standard InChI is InChI=1S/C18H21N3O4/c1-13(22)21(16-10-15(24-2)4-5-17(16)25-3)12-18(23)20-11-14-6-8-19-9-7-14/h4-10H,11-12H2,1-3H3,(H,20,23). The van der Waals surface area contributed by atoms with E-state index in [0.29, 0.717) is 23.7 Å². The van der Waals surface area contributed by atoms with Crippen molar-refractivity contribution in [2.24, 2.45) is 0 Å². The molecule has 7 nitrogen and oxygen atoms in total. The van der Waals surface area contributed by atoms with Gasteiger partial charge in [0.05, 0.1) is 19.9 Å². The Morgan fingerprint density at radius 3 is 2.44 bits per heavy atom. The molecule has 2 rings (SSSR count). The van der Waals surface area contributed by atoms with Gasteiger partial charge in [-0.3, -0.25) is 19.5 Å². The number of aromatic nitrogens is 1. The summed E-state index contributed by atoms with van der Waals surface area (Å²) in [4.78, 5) is 29.6. The van der Waals surface area contributed by atoms with Crippen LogP contribution >= 0.6 is 0 Å². The number of carbonyl (C=O) groups is 2. The van der Waals surface area contributed by atoms with E-state index in [1.54, 1.807) is 30.6 Å². The van der Waals surface area contributed by atoms with Crippen molar-refractivity contribution in [2.75, 3.05) is 25.7 Å². The Balaban J connectivity index is 2.13. The molecular weight excluding hydrogens is 322 g/mol. The molecule has 1 aromatic heterocycles. The van der Waals surface area contributed by atoms with Crippen molar-refractivity contribution in [3.8, 4) is 11.5 Å². The summed E-state index contributed by atoms with van der Waals surface area (Å²) in [5.74, 6) is 0.500. The van der Waals surface area contributed by atoms with Gasteiger partial charge in [0.1, 0.15) is 18.0 Å². The van der Waals surface area contributed by atoms with Gasteiger partial charge < -0.3 is 14.8 Å².